The van der Waals surface area contributed by atoms with Gasteiger partial charge < -0.3 is 5.73 Å². The van der Waals surface area contributed by atoms with Gasteiger partial charge in [0.05, 0.1) is 10.6 Å². The van der Waals surface area contributed by atoms with Crippen LogP contribution in [0.15, 0.2) is 24.3 Å². The number of nitro benzene ring substituents is 1. The van der Waals surface area contributed by atoms with Crippen LogP contribution >= 0.6 is 0 Å². The van der Waals surface area contributed by atoms with Crippen molar-refractivity contribution in [2.24, 2.45) is 5.73 Å². The van der Waals surface area contributed by atoms with E-state index < -0.39 is 10.8 Å². The van der Waals surface area contributed by atoms with Crippen LogP contribution in [0.5, 0.6) is 0 Å². The third kappa shape index (κ3) is 2.30. The molecule has 0 fully saturated rings. The van der Waals surface area contributed by atoms with Crippen LogP contribution < -0.4 is 5.73 Å². The third-order valence-electron chi connectivity index (χ3n) is 2.69. The molecule has 0 saturated carbocycles. The van der Waals surface area contributed by atoms with Crippen LogP contribution in [0.25, 0.3) is 5.69 Å². The zero-order chi connectivity index (χ0) is 14.2. The number of nitro groups is 1. The topological polar surface area (TPSA) is 104 Å². The molecule has 0 bridgehead atoms. The molecule has 1 amide bonds. The smallest absolute Gasteiger partial charge is 0.295 e. The Morgan fingerprint density at radius 1 is 1.37 bits per heavy atom. The molecule has 0 unspecified atom stereocenters. The minimum absolute atomic E-state index is 0.0944. The van der Waals surface area contributed by atoms with E-state index in [0.717, 1.165) is 17.5 Å². The average Bonchev–Trinajstić information content (AvgIpc) is 2.67. The molecular formula is C12H12N4O3. The number of aromatic nitrogens is 2. The number of benzene rings is 1. The second kappa shape index (κ2) is 4.52. The third-order valence-corrected chi connectivity index (χ3v) is 2.69. The molecule has 0 aliphatic carbocycles. The maximum absolute atomic E-state index is 11.1. The van der Waals surface area contributed by atoms with Gasteiger partial charge in [-0.05, 0) is 32.0 Å². The number of carbonyl (C=O) groups excluding carboxylic acids is 1. The second-order valence-electron chi connectivity index (χ2n) is 4.16. The molecule has 2 N–H and O–H groups in total. The zero-order valence-corrected chi connectivity index (χ0v) is 10.5. The average molecular weight is 260 g/mol. The highest BCUT2D eigenvalue weighted by Gasteiger charge is 2.19. The molecule has 2 aromatic rings. The molecule has 0 spiro atoms. The number of nitrogens with two attached hydrogens (primary N) is 1. The van der Waals surface area contributed by atoms with Crippen LogP contribution in [0, 0.1) is 24.0 Å². The molecule has 1 heterocycles. The van der Waals surface area contributed by atoms with Crippen molar-refractivity contribution < 1.29 is 9.72 Å². The van der Waals surface area contributed by atoms with Crippen LogP contribution in [0.2, 0.25) is 0 Å². The van der Waals surface area contributed by atoms with Crippen LogP contribution in [0.3, 0.4) is 0 Å². The van der Waals surface area contributed by atoms with Crippen LogP contribution in [0.1, 0.15) is 21.7 Å². The summed E-state index contributed by atoms with van der Waals surface area (Å²) >= 11 is 0. The molecule has 0 aliphatic rings. The SMILES string of the molecule is Cc1cc(C)n(-c2ccc(C(N)=O)cc2[N+](=O)[O-])n1. The first-order valence-corrected chi connectivity index (χ1v) is 5.52. The monoisotopic (exact) mass is 260 g/mol. The van der Waals surface area contributed by atoms with Crippen LogP contribution in [-0.4, -0.2) is 20.6 Å². The Kier molecular flexibility index (Phi) is 3.04. The Balaban J connectivity index is 2.66. The largest absolute Gasteiger partial charge is 0.366 e. The quantitative estimate of drug-likeness (QED) is 0.666. The van der Waals surface area contributed by atoms with Gasteiger partial charge in [0, 0.05) is 17.3 Å². The predicted octanol–water partition coefficient (Wildman–Crippen LogP) is 1.50. The van der Waals surface area contributed by atoms with Crippen LogP contribution in [0.4, 0.5) is 5.69 Å². The fourth-order valence-corrected chi connectivity index (χ4v) is 1.87. The van der Waals surface area contributed by atoms with Gasteiger partial charge in [0.25, 0.3) is 5.69 Å². The Labute approximate surface area is 108 Å². The Hall–Kier alpha value is -2.70. The predicted molar refractivity (Wildman–Crippen MR) is 68.2 cm³/mol. The fraction of sp³-hybridized carbons (Fsp3) is 0.167. The molecule has 98 valence electrons. The number of hydrogen-bond donors (Lipinski definition) is 1. The first-order chi connectivity index (χ1) is 8.90. The first kappa shape index (κ1) is 12.7. The Morgan fingerprint density at radius 3 is 2.53 bits per heavy atom. The number of rotatable bonds is 3. The van der Waals surface area contributed by atoms with Crippen molar-refractivity contribution >= 4 is 11.6 Å². The van der Waals surface area contributed by atoms with Crippen molar-refractivity contribution in [1.82, 2.24) is 9.78 Å². The normalized spacial score (nSPS) is 10.4. The molecule has 0 atom stereocenters. The van der Waals surface area contributed by atoms with Gasteiger partial charge in [-0.15, -0.1) is 0 Å². The van der Waals surface area contributed by atoms with E-state index in [0.29, 0.717) is 5.69 Å². The highest BCUT2D eigenvalue weighted by Crippen LogP contribution is 2.25. The zero-order valence-electron chi connectivity index (χ0n) is 10.5. The lowest BCUT2D eigenvalue weighted by Crippen LogP contribution is -2.12. The Bertz CT molecular complexity index is 676. The number of primary amides is 1. The molecule has 2 rings (SSSR count). The van der Waals surface area contributed by atoms with Gasteiger partial charge in [-0.25, -0.2) is 4.68 Å². The molecule has 19 heavy (non-hydrogen) atoms. The number of aryl methyl sites for hydroxylation is 2. The van der Waals surface area contributed by atoms with E-state index in [9.17, 15) is 14.9 Å². The maximum Gasteiger partial charge on any atom is 0.295 e. The van der Waals surface area contributed by atoms with Gasteiger partial charge in [0.2, 0.25) is 5.91 Å². The maximum atomic E-state index is 11.1. The fourth-order valence-electron chi connectivity index (χ4n) is 1.87. The summed E-state index contributed by atoms with van der Waals surface area (Å²) in [7, 11) is 0. The summed E-state index contributed by atoms with van der Waals surface area (Å²) in [5.74, 6) is -0.706. The first-order valence-electron chi connectivity index (χ1n) is 5.52. The summed E-state index contributed by atoms with van der Waals surface area (Å²) in [4.78, 5) is 21.6. The summed E-state index contributed by atoms with van der Waals surface area (Å²) in [6.07, 6.45) is 0. The van der Waals surface area contributed by atoms with Crippen molar-refractivity contribution in [3.8, 4) is 5.69 Å². The minimum Gasteiger partial charge on any atom is -0.366 e. The van der Waals surface area contributed by atoms with Gasteiger partial charge in [0.1, 0.15) is 5.69 Å². The van der Waals surface area contributed by atoms with E-state index in [4.69, 9.17) is 5.73 Å². The van der Waals surface area contributed by atoms with Gasteiger partial charge >= 0.3 is 0 Å². The number of nitrogens with zero attached hydrogens (tertiary/aromatic N) is 3. The summed E-state index contributed by atoms with van der Waals surface area (Å²) in [6.45, 7) is 3.60. The van der Waals surface area contributed by atoms with Crippen molar-refractivity contribution in [3.05, 3.63) is 51.3 Å². The second-order valence-corrected chi connectivity index (χ2v) is 4.16. The number of carbonyl (C=O) groups is 1. The van der Waals surface area contributed by atoms with E-state index in [-0.39, 0.29) is 11.3 Å². The molecule has 0 aliphatic heterocycles. The molecule has 1 aromatic carbocycles. The van der Waals surface area contributed by atoms with E-state index in [1.165, 1.54) is 16.8 Å². The lowest BCUT2D eigenvalue weighted by atomic mass is 10.1. The van der Waals surface area contributed by atoms with Gasteiger partial charge in [0.15, 0.2) is 0 Å². The number of hydrogen-bond acceptors (Lipinski definition) is 4. The lowest BCUT2D eigenvalue weighted by molar-refractivity contribution is -0.384. The molecule has 1 aromatic heterocycles. The summed E-state index contributed by atoms with van der Waals surface area (Å²) in [5, 5.41) is 15.3. The highest BCUT2D eigenvalue weighted by molar-refractivity contribution is 5.94. The molecule has 0 radical (unpaired) electrons. The molecule has 7 nitrogen and oxygen atoms in total. The molecule has 7 heteroatoms. The van der Waals surface area contributed by atoms with Gasteiger partial charge in [-0.1, -0.05) is 0 Å². The minimum atomic E-state index is -0.706. The van der Waals surface area contributed by atoms with E-state index >= 15 is 0 Å². The number of amides is 1. The Morgan fingerprint density at radius 2 is 2.05 bits per heavy atom. The highest BCUT2D eigenvalue weighted by atomic mass is 16.6. The van der Waals surface area contributed by atoms with Gasteiger partial charge in [-0.2, -0.15) is 5.10 Å². The standard InChI is InChI=1S/C12H12N4O3/c1-7-5-8(2)15(14-7)10-4-3-9(12(13)17)6-11(10)16(18)19/h3-6H,1-2H3,(H2,13,17). The van der Waals surface area contributed by atoms with Crippen molar-refractivity contribution in [2.75, 3.05) is 0 Å². The summed E-state index contributed by atoms with van der Waals surface area (Å²) in [6, 6.07) is 5.89. The van der Waals surface area contributed by atoms with Crippen molar-refractivity contribution in [2.45, 2.75) is 13.8 Å². The van der Waals surface area contributed by atoms with E-state index in [1.54, 1.807) is 13.8 Å². The lowest BCUT2D eigenvalue weighted by Gasteiger charge is -2.06. The molecule has 0 saturated heterocycles. The van der Waals surface area contributed by atoms with Crippen molar-refractivity contribution in [3.63, 3.8) is 0 Å². The van der Waals surface area contributed by atoms with E-state index in [2.05, 4.69) is 5.10 Å². The summed E-state index contributed by atoms with van der Waals surface area (Å²) < 4.78 is 1.47. The van der Waals surface area contributed by atoms with Crippen LogP contribution in [-0.2, 0) is 0 Å². The van der Waals surface area contributed by atoms with Crippen molar-refractivity contribution in [1.29, 1.82) is 0 Å². The van der Waals surface area contributed by atoms with E-state index in [1.807, 2.05) is 6.07 Å². The summed E-state index contributed by atoms with van der Waals surface area (Å²) in [5.41, 5.74) is 6.84. The molecular weight excluding hydrogens is 248 g/mol. The van der Waals surface area contributed by atoms with Gasteiger partial charge in [-0.3, -0.25) is 14.9 Å².